The van der Waals surface area contributed by atoms with Crippen LogP contribution in [0.2, 0.25) is 0 Å². The van der Waals surface area contributed by atoms with E-state index in [4.69, 9.17) is 4.42 Å². The zero-order valence-corrected chi connectivity index (χ0v) is 15.2. The molecule has 0 spiro atoms. The number of carbonyl (C=O) groups is 1. The Labute approximate surface area is 158 Å². The summed E-state index contributed by atoms with van der Waals surface area (Å²) in [4.78, 5) is 21.1. The molecule has 1 saturated carbocycles. The molecule has 1 aliphatic rings. The maximum atomic E-state index is 13.8. The molecule has 0 radical (unpaired) electrons. The number of hydrogen-bond donors (Lipinski definition) is 2. The maximum absolute atomic E-state index is 13.8. The Morgan fingerprint density at radius 1 is 1.21 bits per heavy atom. The SMILES string of the molecule is Cc1oc2ncnc(NC3(C)CC3)c2c1C(=O)NCc1ccc(F)c(F)c1F. The number of nitrogens with one attached hydrogen (secondary N) is 2. The molecule has 2 N–H and O–H groups in total. The number of rotatable bonds is 5. The van der Waals surface area contributed by atoms with Gasteiger partial charge in [0, 0.05) is 17.6 Å². The summed E-state index contributed by atoms with van der Waals surface area (Å²) in [6.07, 6.45) is 3.30. The van der Waals surface area contributed by atoms with Crippen molar-refractivity contribution < 1.29 is 22.4 Å². The first-order chi connectivity index (χ1) is 13.3. The molecule has 3 aromatic rings. The van der Waals surface area contributed by atoms with Crippen molar-refractivity contribution in [1.29, 1.82) is 0 Å². The molecule has 1 aliphatic carbocycles. The lowest BCUT2D eigenvalue weighted by molar-refractivity contribution is 0.0950. The molecule has 1 fully saturated rings. The lowest BCUT2D eigenvalue weighted by Crippen LogP contribution is -2.24. The number of nitrogens with zero attached hydrogens (tertiary/aromatic N) is 2. The molecule has 0 bridgehead atoms. The summed E-state index contributed by atoms with van der Waals surface area (Å²) in [7, 11) is 0. The second-order valence-electron chi connectivity index (χ2n) is 7.14. The molecule has 2 heterocycles. The Hall–Kier alpha value is -3.10. The number of carbonyl (C=O) groups excluding carboxylic acids is 1. The van der Waals surface area contributed by atoms with E-state index in [1.165, 1.54) is 6.33 Å². The van der Waals surface area contributed by atoms with Crippen LogP contribution in [-0.4, -0.2) is 21.4 Å². The van der Waals surface area contributed by atoms with E-state index in [9.17, 15) is 18.0 Å². The second-order valence-corrected chi connectivity index (χ2v) is 7.14. The predicted molar refractivity (Wildman–Crippen MR) is 95.3 cm³/mol. The van der Waals surface area contributed by atoms with Crippen molar-refractivity contribution in [2.75, 3.05) is 5.32 Å². The average molecular weight is 390 g/mol. The van der Waals surface area contributed by atoms with Gasteiger partial charge < -0.3 is 15.1 Å². The van der Waals surface area contributed by atoms with Gasteiger partial charge in [-0.05, 0) is 32.8 Å². The number of benzene rings is 1. The largest absolute Gasteiger partial charge is 0.442 e. The highest BCUT2D eigenvalue weighted by Gasteiger charge is 2.38. The molecule has 0 saturated heterocycles. The van der Waals surface area contributed by atoms with Crippen molar-refractivity contribution in [3.8, 4) is 0 Å². The smallest absolute Gasteiger partial charge is 0.255 e. The molecule has 0 unspecified atom stereocenters. The van der Waals surface area contributed by atoms with Crippen LogP contribution in [0.3, 0.4) is 0 Å². The van der Waals surface area contributed by atoms with Crippen LogP contribution in [0, 0.1) is 24.4 Å². The average Bonchev–Trinajstić information content (AvgIpc) is 3.27. The molecule has 28 heavy (non-hydrogen) atoms. The van der Waals surface area contributed by atoms with E-state index in [-0.39, 0.29) is 28.9 Å². The fourth-order valence-electron chi connectivity index (χ4n) is 2.98. The van der Waals surface area contributed by atoms with Crippen LogP contribution in [0.1, 0.15) is 41.4 Å². The van der Waals surface area contributed by atoms with E-state index in [2.05, 4.69) is 20.6 Å². The normalized spacial score (nSPS) is 14.9. The minimum atomic E-state index is -1.57. The molecule has 6 nitrogen and oxygen atoms in total. The van der Waals surface area contributed by atoms with Crippen LogP contribution in [-0.2, 0) is 6.54 Å². The third-order valence-corrected chi connectivity index (χ3v) is 4.87. The van der Waals surface area contributed by atoms with Crippen LogP contribution in [0.4, 0.5) is 19.0 Å². The molecule has 1 amide bonds. The minimum Gasteiger partial charge on any atom is -0.442 e. The van der Waals surface area contributed by atoms with Crippen molar-refractivity contribution in [2.24, 2.45) is 0 Å². The number of hydrogen-bond acceptors (Lipinski definition) is 5. The first-order valence-electron chi connectivity index (χ1n) is 8.72. The molecule has 146 valence electrons. The third kappa shape index (κ3) is 3.17. The number of aromatic nitrogens is 2. The quantitative estimate of drug-likeness (QED) is 0.647. The summed E-state index contributed by atoms with van der Waals surface area (Å²) >= 11 is 0. The fourth-order valence-corrected chi connectivity index (χ4v) is 2.98. The van der Waals surface area contributed by atoms with Crippen LogP contribution < -0.4 is 10.6 Å². The first-order valence-corrected chi connectivity index (χ1v) is 8.72. The highest BCUT2D eigenvalue weighted by atomic mass is 19.2. The molecule has 0 aliphatic heterocycles. The van der Waals surface area contributed by atoms with Crippen LogP contribution >= 0.6 is 0 Å². The fraction of sp³-hybridized carbons (Fsp3) is 0.316. The summed E-state index contributed by atoms with van der Waals surface area (Å²) in [5.74, 6) is -3.95. The summed E-state index contributed by atoms with van der Waals surface area (Å²) in [5.41, 5.74) is 0.209. The van der Waals surface area contributed by atoms with Gasteiger partial charge in [-0.15, -0.1) is 0 Å². The zero-order chi connectivity index (χ0) is 20.1. The number of aryl methyl sites for hydroxylation is 1. The summed E-state index contributed by atoms with van der Waals surface area (Å²) in [6.45, 7) is 3.33. The Bertz CT molecular complexity index is 1090. The summed E-state index contributed by atoms with van der Waals surface area (Å²) in [5, 5.41) is 6.24. The summed E-state index contributed by atoms with van der Waals surface area (Å²) in [6, 6.07) is 1.89. The Balaban J connectivity index is 1.64. The van der Waals surface area contributed by atoms with Crippen molar-refractivity contribution in [3.63, 3.8) is 0 Å². The van der Waals surface area contributed by atoms with Crippen LogP contribution in [0.25, 0.3) is 11.1 Å². The third-order valence-electron chi connectivity index (χ3n) is 4.87. The van der Waals surface area contributed by atoms with E-state index < -0.39 is 23.4 Å². The van der Waals surface area contributed by atoms with Gasteiger partial charge in [0.1, 0.15) is 17.9 Å². The number of furan rings is 1. The van der Waals surface area contributed by atoms with Crippen LogP contribution in [0.5, 0.6) is 0 Å². The zero-order valence-electron chi connectivity index (χ0n) is 15.2. The topological polar surface area (TPSA) is 80.1 Å². The highest BCUT2D eigenvalue weighted by Crippen LogP contribution is 2.40. The molecular weight excluding hydrogens is 373 g/mol. The molecule has 9 heteroatoms. The van der Waals surface area contributed by atoms with Gasteiger partial charge in [0.15, 0.2) is 17.5 Å². The Morgan fingerprint density at radius 3 is 2.68 bits per heavy atom. The lowest BCUT2D eigenvalue weighted by atomic mass is 10.1. The molecular formula is C19H17F3N4O2. The number of fused-ring (bicyclic) bond motifs is 1. The summed E-state index contributed by atoms with van der Waals surface area (Å²) < 4.78 is 45.8. The maximum Gasteiger partial charge on any atom is 0.255 e. The number of amides is 1. The van der Waals surface area contributed by atoms with Gasteiger partial charge in [0.2, 0.25) is 5.71 Å². The number of anilines is 1. The molecule has 4 rings (SSSR count). The Morgan fingerprint density at radius 2 is 1.96 bits per heavy atom. The number of halogens is 3. The van der Waals surface area contributed by atoms with Gasteiger partial charge in [-0.25, -0.2) is 23.1 Å². The molecule has 1 aromatic carbocycles. The second kappa shape index (κ2) is 6.50. The molecule has 2 aromatic heterocycles. The van der Waals surface area contributed by atoms with Crippen molar-refractivity contribution in [3.05, 3.63) is 52.8 Å². The monoisotopic (exact) mass is 390 g/mol. The Kier molecular flexibility index (Phi) is 4.24. The van der Waals surface area contributed by atoms with E-state index in [1.54, 1.807) is 6.92 Å². The standard InChI is InChI=1S/C19H17F3N4O2/c1-9-12(17(27)23-7-10-3-4-11(20)15(22)14(10)21)13-16(26-19(2)5-6-19)24-8-25-18(13)28-9/h3-4,8H,5-7H2,1-2H3,(H,23,27)(H,24,25,26). The van der Waals surface area contributed by atoms with Gasteiger partial charge in [0.25, 0.3) is 5.91 Å². The van der Waals surface area contributed by atoms with Crippen molar-refractivity contribution in [1.82, 2.24) is 15.3 Å². The molecule has 0 atom stereocenters. The van der Waals surface area contributed by atoms with E-state index in [1.807, 2.05) is 6.92 Å². The van der Waals surface area contributed by atoms with Gasteiger partial charge >= 0.3 is 0 Å². The van der Waals surface area contributed by atoms with Crippen molar-refractivity contribution in [2.45, 2.75) is 38.8 Å². The van der Waals surface area contributed by atoms with Crippen LogP contribution in [0.15, 0.2) is 22.9 Å². The van der Waals surface area contributed by atoms with Gasteiger partial charge in [-0.3, -0.25) is 4.79 Å². The van der Waals surface area contributed by atoms with E-state index in [0.29, 0.717) is 17.0 Å². The van der Waals surface area contributed by atoms with Gasteiger partial charge in [0.05, 0.1) is 10.9 Å². The van der Waals surface area contributed by atoms with E-state index >= 15 is 0 Å². The predicted octanol–water partition coefficient (Wildman–Crippen LogP) is 3.84. The lowest BCUT2D eigenvalue weighted by Gasteiger charge is -2.13. The van der Waals surface area contributed by atoms with Gasteiger partial charge in [-0.1, -0.05) is 6.07 Å². The van der Waals surface area contributed by atoms with Crippen molar-refractivity contribution >= 4 is 22.8 Å². The highest BCUT2D eigenvalue weighted by molar-refractivity contribution is 6.10. The van der Waals surface area contributed by atoms with E-state index in [0.717, 1.165) is 25.0 Å². The first kappa shape index (κ1) is 18.3. The van der Waals surface area contributed by atoms with Gasteiger partial charge in [-0.2, -0.15) is 0 Å². The minimum absolute atomic E-state index is 0.0883.